The fourth-order valence-corrected chi connectivity index (χ4v) is 14.1. The molecule has 0 spiro atoms. The van der Waals surface area contributed by atoms with Crippen LogP contribution in [-0.2, 0) is 0 Å². The maximum atomic E-state index is 9.61. The molecule has 0 aliphatic heterocycles. The van der Waals surface area contributed by atoms with Crippen molar-refractivity contribution in [1.29, 1.82) is 10.5 Å². The molecule has 8 heteroatoms. The molecular formula is C84H72Br2N6. The Kier molecular flexibility index (Phi) is 18.4. The van der Waals surface area contributed by atoms with Crippen LogP contribution in [0, 0.1) is 29.2 Å². The first-order valence-corrected chi connectivity index (χ1v) is 32.6. The van der Waals surface area contributed by atoms with Crippen LogP contribution < -0.4 is 15.1 Å². The Morgan fingerprint density at radius 2 is 0.674 bits per heavy atom. The molecule has 0 unspecified atom stereocenters. The van der Waals surface area contributed by atoms with Crippen LogP contribution in [0.5, 0.6) is 0 Å². The van der Waals surface area contributed by atoms with Crippen molar-refractivity contribution in [2.24, 2.45) is 0 Å². The van der Waals surface area contributed by atoms with E-state index in [4.69, 9.17) is 13.2 Å². The SMILES string of the molecule is CC(C)c1cc(Br)c2ccc3c(C(C)C)cc(Br)c4ccc1c2c43.N#Cc1ccc(Nc2ccccc2)cc1.[2H]C.[C-]#[N+]c1ccc(N(c2ccccc2)c2cc(C(C)C)c3ccc4c(N(c5ccccc5)c5ccc(C#N)cc5)cc(C(C)C)c5ccc2c3c54)cc1. The van der Waals surface area contributed by atoms with Gasteiger partial charge in [0.05, 0.1) is 41.2 Å². The minimum absolute atomic E-state index is 0.271. The second kappa shape index (κ2) is 27.2. The van der Waals surface area contributed by atoms with Gasteiger partial charge in [-0.25, -0.2) is 4.85 Å². The topological polar surface area (TPSA) is 70.5 Å². The zero-order valence-electron chi connectivity index (χ0n) is 54.3. The summed E-state index contributed by atoms with van der Waals surface area (Å²) in [7, 11) is 1.25. The lowest BCUT2D eigenvalue weighted by Crippen LogP contribution is -2.13. The average Bonchev–Trinajstić information content (AvgIpc) is 0.719. The third-order valence-electron chi connectivity index (χ3n) is 17.3. The van der Waals surface area contributed by atoms with Crippen molar-refractivity contribution in [3.8, 4) is 12.1 Å². The number of anilines is 8. The van der Waals surface area contributed by atoms with Gasteiger partial charge in [-0.3, -0.25) is 0 Å². The molecule has 14 rings (SSSR count). The van der Waals surface area contributed by atoms with Gasteiger partial charge in [-0.1, -0.05) is 210 Å². The molecule has 14 aromatic carbocycles. The van der Waals surface area contributed by atoms with E-state index >= 15 is 0 Å². The molecule has 0 aliphatic carbocycles. The van der Waals surface area contributed by atoms with Gasteiger partial charge in [0.15, 0.2) is 5.69 Å². The van der Waals surface area contributed by atoms with Crippen LogP contribution in [-0.4, -0.2) is 0 Å². The van der Waals surface area contributed by atoms with Gasteiger partial charge in [-0.2, -0.15) is 10.5 Å². The van der Waals surface area contributed by atoms with Gasteiger partial charge in [-0.15, -0.1) is 0 Å². The maximum Gasteiger partial charge on any atom is 0.187 e. The van der Waals surface area contributed by atoms with Gasteiger partial charge in [0.2, 0.25) is 0 Å². The van der Waals surface area contributed by atoms with Gasteiger partial charge in [-0.05, 0) is 221 Å². The summed E-state index contributed by atoms with van der Waals surface area (Å²) in [4.78, 5) is 8.34. The summed E-state index contributed by atoms with van der Waals surface area (Å²) >= 11 is 7.63. The Hall–Kier alpha value is -10.0. The van der Waals surface area contributed by atoms with Gasteiger partial charge in [0.1, 0.15) is 0 Å². The van der Waals surface area contributed by atoms with Gasteiger partial charge < -0.3 is 15.1 Å². The van der Waals surface area contributed by atoms with Crippen LogP contribution in [0.25, 0.3) is 69.5 Å². The van der Waals surface area contributed by atoms with E-state index in [0.29, 0.717) is 28.7 Å². The predicted octanol–water partition coefficient (Wildman–Crippen LogP) is 26.5. The van der Waals surface area contributed by atoms with Crippen LogP contribution >= 0.6 is 31.9 Å². The summed E-state index contributed by atoms with van der Waals surface area (Å²) in [5.41, 5.74) is 15.7. The lowest BCUT2D eigenvalue weighted by atomic mass is 9.84. The zero-order chi connectivity index (χ0) is 65.6. The van der Waals surface area contributed by atoms with Crippen LogP contribution in [0.4, 0.5) is 51.2 Å². The van der Waals surface area contributed by atoms with Crippen molar-refractivity contribution in [3.05, 3.63) is 290 Å². The molecular weight excluding hydrogens is 1250 g/mol. The largest absolute Gasteiger partial charge is 0.356 e. The standard InChI is InChI=1S/C48H38N4.C22H20Br2.C13H10N2.CH4/c1-31(2)43-28-45(51(35-12-8-6-9-13-35)37-20-16-33(30-49)17-21-37)41-26-24-40-44(32(3)4)29-46(42-27-25-39(43)47(41)48(40)42)52(36-14-10-7-11-15-36)38-22-18-34(50-5)19-23-38;1-11(2)17-9-19(23)15-8-6-14-18(12(3)4)10-20(24)16-7-5-13(17)21(15)22(14)16;14-10-11-6-8-13(9-7-11)15-12-4-2-1-3-5-12;/h6-29,31-32H,1-4H3;5-12H,1-4H3;1-9,15H;1H4/i;;;1D. The fraction of sp³-hybridized carbons (Fsp3) is 0.155. The first-order chi connectivity index (χ1) is 45.1. The summed E-state index contributed by atoms with van der Waals surface area (Å²) in [6, 6.07) is 86.3. The van der Waals surface area contributed by atoms with E-state index in [1.807, 2.05) is 84.9 Å². The average molecular weight is 1330 g/mol. The highest BCUT2D eigenvalue weighted by Crippen LogP contribution is 2.52. The number of rotatable bonds is 12. The monoisotopic (exact) mass is 1320 g/mol. The normalized spacial score (nSPS) is 11.3. The van der Waals surface area contributed by atoms with E-state index in [1.165, 1.54) is 103 Å². The molecule has 452 valence electrons. The van der Waals surface area contributed by atoms with Crippen LogP contribution in [0.2, 0.25) is 0 Å². The summed E-state index contributed by atoms with van der Waals surface area (Å²) in [5, 5.41) is 37.1. The molecule has 0 saturated carbocycles. The Morgan fingerprint density at radius 3 is 1.03 bits per heavy atom. The van der Waals surface area contributed by atoms with Crippen LogP contribution in [0.3, 0.4) is 0 Å². The zero-order valence-corrected chi connectivity index (χ0v) is 56.5. The van der Waals surface area contributed by atoms with Crippen molar-refractivity contribution in [3.63, 3.8) is 0 Å². The van der Waals surface area contributed by atoms with E-state index in [9.17, 15) is 5.26 Å². The van der Waals surface area contributed by atoms with Gasteiger partial charge in [0.25, 0.3) is 0 Å². The summed E-state index contributed by atoms with van der Waals surface area (Å²) in [6.45, 7) is 25.8. The van der Waals surface area contributed by atoms with Crippen molar-refractivity contribution in [1.82, 2.24) is 0 Å². The smallest absolute Gasteiger partial charge is 0.187 e. The molecule has 0 heterocycles. The summed E-state index contributed by atoms with van der Waals surface area (Å²) in [5.74, 6) is 1.54. The van der Waals surface area contributed by atoms with Crippen LogP contribution in [0.1, 0.15) is 121 Å². The van der Waals surface area contributed by atoms with Crippen molar-refractivity contribution in [2.45, 2.75) is 86.5 Å². The van der Waals surface area contributed by atoms with Gasteiger partial charge in [0, 0.05) is 55.2 Å². The number of hydrogen-bond donors (Lipinski definition) is 1. The minimum Gasteiger partial charge on any atom is -0.356 e. The Morgan fingerprint density at radius 1 is 0.380 bits per heavy atom. The quantitative estimate of drug-likeness (QED) is 0.0975. The highest BCUT2D eigenvalue weighted by molar-refractivity contribution is 9.11. The Bertz CT molecular complexity index is 4800. The van der Waals surface area contributed by atoms with Crippen molar-refractivity contribution < 1.29 is 1.37 Å². The van der Waals surface area contributed by atoms with Crippen molar-refractivity contribution >= 4 is 148 Å². The third kappa shape index (κ3) is 12.2. The van der Waals surface area contributed by atoms with Crippen LogP contribution in [0.15, 0.2) is 246 Å². The second-order valence-electron chi connectivity index (χ2n) is 24.4. The number of nitrogens with zero attached hydrogens (tertiary/aromatic N) is 5. The summed E-state index contributed by atoms with van der Waals surface area (Å²) < 4.78 is 8.14. The molecule has 0 fully saturated rings. The van der Waals surface area contributed by atoms with E-state index < -0.39 is 0 Å². The van der Waals surface area contributed by atoms with E-state index in [-0.39, 0.29) is 11.8 Å². The van der Waals surface area contributed by atoms with Crippen molar-refractivity contribution in [2.75, 3.05) is 15.1 Å². The number of hydrogen-bond acceptors (Lipinski definition) is 5. The van der Waals surface area contributed by atoms with E-state index in [2.05, 4.69) is 259 Å². The molecule has 0 aromatic heterocycles. The molecule has 92 heavy (non-hydrogen) atoms. The molecule has 1 N–H and O–H groups in total. The number of para-hydroxylation sites is 3. The molecule has 0 atom stereocenters. The number of benzene rings is 14. The number of halogens is 2. The molecule has 0 amide bonds. The van der Waals surface area contributed by atoms with E-state index in [0.717, 1.165) is 45.5 Å². The molecule has 0 saturated heterocycles. The maximum absolute atomic E-state index is 9.61. The lowest BCUT2D eigenvalue weighted by Gasteiger charge is -2.31. The molecule has 0 bridgehead atoms. The lowest BCUT2D eigenvalue weighted by molar-refractivity contribution is 0.875. The Balaban J connectivity index is 0.000000176. The highest BCUT2D eigenvalue weighted by Gasteiger charge is 2.27. The third-order valence-corrected chi connectivity index (χ3v) is 18.7. The number of nitrogens with one attached hydrogen (secondary N) is 1. The highest BCUT2D eigenvalue weighted by atomic mass is 79.9. The minimum atomic E-state index is 0.271. The molecule has 0 aliphatic rings. The fourth-order valence-electron chi connectivity index (χ4n) is 12.9. The van der Waals surface area contributed by atoms with Gasteiger partial charge >= 0.3 is 0 Å². The molecule has 14 aromatic rings. The first kappa shape index (κ1) is 62.2. The predicted molar refractivity (Wildman–Crippen MR) is 400 cm³/mol. The second-order valence-corrected chi connectivity index (χ2v) is 26.1. The first-order valence-electron chi connectivity index (χ1n) is 32.0. The Labute approximate surface area is 559 Å². The molecule has 0 radical (unpaired) electrons. The molecule has 6 nitrogen and oxygen atoms in total. The summed E-state index contributed by atoms with van der Waals surface area (Å²) in [6.07, 6.45) is 0. The van der Waals surface area contributed by atoms with E-state index in [1.54, 1.807) is 12.1 Å². The number of nitriles is 2.